The fraction of sp³-hybridized carbons (Fsp3) is 0.895. The van der Waals surface area contributed by atoms with Gasteiger partial charge < -0.3 is 10.1 Å². The summed E-state index contributed by atoms with van der Waals surface area (Å²) in [5.74, 6) is 0.601. The molecule has 2 amide bonds. The van der Waals surface area contributed by atoms with E-state index in [1.54, 1.807) is 4.90 Å². The minimum Gasteiger partial charge on any atom is -0.353 e. The van der Waals surface area contributed by atoms with E-state index in [9.17, 15) is 9.59 Å². The summed E-state index contributed by atoms with van der Waals surface area (Å²) in [4.78, 5) is 27.5. The molecule has 1 spiro atoms. The summed E-state index contributed by atoms with van der Waals surface area (Å²) in [5.41, 5.74) is -0.685. The molecule has 1 atom stereocenters. The van der Waals surface area contributed by atoms with Crippen molar-refractivity contribution in [2.75, 3.05) is 6.61 Å². The van der Waals surface area contributed by atoms with Crippen LogP contribution >= 0.6 is 0 Å². The van der Waals surface area contributed by atoms with Crippen LogP contribution in [0.4, 0.5) is 0 Å². The van der Waals surface area contributed by atoms with E-state index in [-0.39, 0.29) is 23.3 Å². The molecule has 2 fully saturated rings. The summed E-state index contributed by atoms with van der Waals surface area (Å²) in [6.07, 6.45) is 4.17. The number of carbonyl (C=O) groups excluding carboxylic acids is 2. The van der Waals surface area contributed by atoms with E-state index in [4.69, 9.17) is 4.74 Å². The van der Waals surface area contributed by atoms with Crippen LogP contribution in [0.1, 0.15) is 73.6 Å². The molecule has 1 saturated heterocycles. The number of hydrogen-bond donors (Lipinski definition) is 1. The second-order valence-corrected chi connectivity index (χ2v) is 9.12. The maximum absolute atomic E-state index is 13.1. The second kappa shape index (κ2) is 7.03. The molecule has 2 aliphatic rings. The van der Waals surface area contributed by atoms with Gasteiger partial charge in [0.05, 0.1) is 6.61 Å². The summed E-state index contributed by atoms with van der Waals surface area (Å²) >= 11 is 0. The molecular formula is C19H34N2O3. The molecule has 0 unspecified atom stereocenters. The van der Waals surface area contributed by atoms with Gasteiger partial charge in [0, 0.05) is 12.5 Å². The molecule has 1 N–H and O–H groups in total. The van der Waals surface area contributed by atoms with Gasteiger partial charge in [-0.2, -0.15) is 0 Å². The first-order valence-electron chi connectivity index (χ1n) is 9.30. The van der Waals surface area contributed by atoms with Crippen molar-refractivity contribution in [3.63, 3.8) is 0 Å². The average molecular weight is 338 g/mol. The van der Waals surface area contributed by atoms with Crippen molar-refractivity contribution in [2.24, 2.45) is 11.3 Å². The molecular weight excluding hydrogens is 304 g/mol. The molecule has 5 nitrogen and oxygen atoms in total. The van der Waals surface area contributed by atoms with Crippen LogP contribution in [0.2, 0.25) is 0 Å². The van der Waals surface area contributed by atoms with Gasteiger partial charge in [0.2, 0.25) is 11.8 Å². The van der Waals surface area contributed by atoms with Gasteiger partial charge in [-0.15, -0.1) is 0 Å². The van der Waals surface area contributed by atoms with Gasteiger partial charge in [0.25, 0.3) is 0 Å². The predicted molar refractivity (Wildman–Crippen MR) is 94.3 cm³/mol. The average Bonchev–Trinajstić information content (AvgIpc) is 2.79. The van der Waals surface area contributed by atoms with Gasteiger partial charge in [-0.1, -0.05) is 27.7 Å². The number of nitrogens with zero attached hydrogens (tertiary/aromatic N) is 1. The molecule has 0 aromatic rings. The van der Waals surface area contributed by atoms with E-state index < -0.39 is 11.8 Å². The lowest BCUT2D eigenvalue weighted by Crippen LogP contribution is -2.57. The summed E-state index contributed by atoms with van der Waals surface area (Å²) in [5, 5.41) is 2.95. The van der Waals surface area contributed by atoms with Gasteiger partial charge in [0.1, 0.15) is 11.8 Å². The van der Waals surface area contributed by atoms with Crippen molar-refractivity contribution in [2.45, 2.75) is 91.5 Å². The maximum Gasteiger partial charge on any atom is 0.245 e. The van der Waals surface area contributed by atoms with Gasteiger partial charge in [-0.05, 0) is 50.9 Å². The first kappa shape index (κ1) is 19.2. The molecule has 1 heterocycles. The third kappa shape index (κ3) is 4.29. The molecule has 0 bridgehead atoms. The molecule has 2 rings (SSSR count). The summed E-state index contributed by atoms with van der Waals surface area (Å²) in [6, 6.07) is -0.448. The van der Waals surface area contributed by atoms with E-state index in [1.807, 2.05) is 13.8 Å². The molecule has 24 heavy (non-hydrogen) atoms. The Labute approximate surface area is 146 Å². The van der Waals surface area contributed by atoms with Crippen LogP contribution in [-0.2, 0) is 14.3 Å². The number of ether oxygens (including phenoxy) is 1. The summed E-state index contributed by atoms with van der Waals surface area (Å²) in [6.45, 7) is 12.6. The van der Waals surface area contributed by atoms with Gasteiger partial charge >= 0.3 is 0 Å². The fourth-order valence-electron chi connectivity index (χ4n) is 3.77. The van der Waals surface area contributed by atoms with Crippen LogP contribution in [0.25, 0.3) is 0 Å². The van der Waals surface area contributed by atoms with Crippen LogP contribution in [0.3, 0.4) is 0 Å². The number of carbonyl (C=O) groups is 2. The molecule has 1 saturated carbocycles. The highest BCUT2D eigenvalue weighted by atomic mass is 16.5. The van der Waals surface area contributed by atoms with Crippen molar-refractivity contribution in [3.05, 3.63) is 0 Å². The van der Waals surface area contributed by atoms with Gasteiger partial charge in [-0.25, -0.2) is 0 Å². The predicted octanol–water partition coefficient (Wildman–Crippen LogP) is 3.08. The first-order chi connectivity index (χ1) is 11.0. The van der Waals surface area contributed by atoms with Crippen LogP contribution in [0.15, 0.2) is 0 Å². The Morgan fingerprint density at radius 3 is 2.33 bits per heavy atom. The fourth-order valence-corrected chi connectivity index (χ4v) is 3.77. The molecule has 0 radical (unpaired) electrons. The number of amides is 2. The number of hydrogen-bond acceptors (Lipinski definition) is 3. The molecule has 138 valence electrons. The normalized spacial score (nSPS) is 30.9. The maximum atomic E-state index is 13.1. The quantitative estimate of drug-likeness (QED) is 0.860. The molecule has 0 aromatic heterocycles. The molecule has 1 aliphatic heterocycles. The topological polar surface area (TPSA) is 58.6 Å². The lowest BCUT2D eigenvalue weighted by Gasteiger charge is -2.43. The highest BCUT2D eigenvalue weighted by Gasteiger charge is 2.53. The van der Waals surface area contributed by atoms with Crippen molar-refractivity contribution in [1.82, 2.24) is 10.2 Å². The minimum atomic E-state index is -0.576. The Balaban J connectivity index is 2.25. The Morgan fingerprint density at radius 1 is 1.25 bits per heavy atom. The van der Waals surface area contributed by atoms with E-state index in [1.165, 1.54) is 0 Å². The minimum absolute atomic E-state index is 0.0402. The monoisotopic (exact) mass is 338 g/mol. The van der Waals surface area contributed by atoms with Gasteiger partial charge in [-0.3, -0.25) is 14.5 Å². The Bertz CT molecular complexity index is 473. The molecule has 1 aliphatic carbocycles. The van der Waals surface area contributed by atoms with Crippen LogP contribution in [0.5, 0.6) is 0 Å². The zero-order valence-corrected chi connectivity index (χ0v) is 16.1. The highest BCUT2D eigenvalue weighted by molar-refractivity contribution is 5.89. The lowest BCUT2D eigenvalue weighted by molar-refractivity contribution is -0.163. The van der Waals surface area contributed by atoms with Crippen molar-refractivity contribution >= 4 is 11.8 Å². The first-order valence-corrected chi connectivity index (χ1v) is 9.30. The van der Waals surface area contributed by atoms with Crippen molar-refractivity contribution < 1.29 is 14.3 Å². The van der Waals surface area contributed by atoms with Crippen LogP contribution in [0, 0.1) is 11.3 Å². The lowest BCUT2D eigenvalue weighted by atomic mass is 9.82. The van der Waals surface area contributed by atoms with Crippen molar-refractivity contribution in [1.29, 1.82) is 0 Å². The zero-order chi connectivity index (χ0) is 18.1. The Morgan fingerprint density at radius 2 is 1.83 bits per heavy atom. The van der Waals surface area contributed by atoms with Crippen molar-refractivity contribution in [3.8, 4) is 0 Å². The summed E-state index contributed by atoms with van der Waals surface area (Å²) in [7, 11) is 0. The van der Waals surface area contributed by atoms with E-state index in [0.29, 0.717) is 18.9 Å². The number of rotatable bonds is 3. The summed E-state index contributed by atoms with van der Waals surface area (Å²) < 4.78 is 6.14. The second-order valence-electron chi connectivity index (χ2n) is 9.12. The van der Waals surface area contributed by atoms with Crippen LogP contribution in [-0.4, -0.2) is 41.1 Å². The molecule has 0 aromatic carbocycles. The highest BCUT2D eigenvalue weighted by Crippen LogP contribution is 2.43. The van der Waals surface area contributed by atoms with Gasteiger partial charge in [0.15, 0.2) is 0 Å². The number of nitrogens with one attached hydrogen (secondary N) is 1. The van der Waals surface area contributed by atoms with E-state index >= 15 is 0 Å². The van der Waals surface area contributed by atoms with Crippen LogP contribution < -0.4 is 5.32 Å². The molecule has 5 heteroatoms. The smallest absolute Gasteiger partial charge is 0.245 e. The van der Waals surface area contributed by atoms with E-state index in [2.05, 4.69) is 33.0 Å². The third-order valence-electron chi connectivity index (χ3n) is 5.00. The van der Waals surface area contributed by atoms with E-state index in [0.717, 1.165) is 25.7 Å². The zero-order valence-electron chi connectivity index (χ0n) is 16.1. The SMILES string of the molecule is CC1CCC2(CC1)OC[C@@H](C(=O)NC(C)C)N2C(=O)CC(C)(C)C. The third-order valence-corrected chi connectivity index (χ3v) is 5.00. The standard InChI is InChI=1S/C19H34N2O3/c1-13(2)20-17(23)15-12-24-19(9-7-14(3)8-10-19)21(15)16(22)11-18(4,5)6/h13-15H,7-12H2,1-6H3,(H,20,23)/t14?,15-,19?/m0/s1. The largest absolute Gasteiger partial charge is 0.353 e. The Hall–Kier alpha value is -1.10. The Kier molecular flexibility index (Phi) is 5.63.